The normalized spacial score (nSPS) is 11.5. The van der Waals surface area contributed by atoms with Crippen LogP contribution in [0.4, 0.5) is 0 Å². The Bertz CT molecular complexity index is 339. The minimum absolute atomic E-state index is 0.289. The molecule has 6 nitrogen and oxygen atoms in total. The van der Waals surface area contributed by atoms with Crippen molar-refractivity contribution in [3.8, 4) is 0 Å². The van der Waals surface area contributed by atoms with Crippen LogP contribution in [-0.4, -0.2) is 38.3 Å². The van der Waals surface area contributed by atoms with Crippen molar-refractivity contribution in [2.24, 2.45) is 0 Å². The summed E-state index contributed by atoms with van der Waals surface area (Å²) in [5.41, 5.74) is 0. The van der Waals surface area contributed by atoms with Crippen molar-refractivity contribution in [1.82, 2.24) is 0 Å². The third kappa shape index (κ3) is 6.18. The molecule has 0 aromatic carbocycles. The summed E-state index contributed by atoms with van der Waals surface area (Å²) in [5, 5.41) is 8.71. The minimum Gasteiger partial charge on any atom is -0.478 e. The largest absolute Gasteiger partial charge is 0.478 e. The number of sulfone groups is 1. The number of hydrogen-bond acceptors (Lipinski definition) is 5. The first-order chi connectivity index (χ1) is 6.37. The van der Waals surface area contributed by atoms with Crippen molar-refractivity contribution < 1.29 is 27.9 Å². The van der Waals surface area contributed by atoms with Gasteiger partial charge in [-0.05, 0) is 0 Å². The van der Waals surface area contributed by atoms with Crippen LogP contribution in [0, 0.1) is 0 Å². The van der Waals surface area contributed by atoms with E-state index < -0.39 is 27.5 Å². The van der Waals surface area contributed by atoms with E-state index in [1.165, 1.54) is 0 Å². The molecule has 0 rings (SSSR count). The Morgan fingerprint density at radius 1 is 1.43 bits per heavy atom. The molecule has 0 radical (unpaired) electrons. The van der Waals surface area contributed by atoms with Crippen LogP contribution < -0.4 is 0 Å². The predicted molar refractivity (Wildman–Crippen MR) is 47.2 cm³/mol. The van der Waals surface area contributed by atoms with Gasteiger partial charge < -0.3 is 9.84 Å². The van der Waals surface area contributed by atoms with E-state index in [1.807, 2.05) is 0 Å². The zero-order valence-corrected chi connectivity index (χ0v) is 8.28. The molecule has 7 heteroatoms. The fourth-order valence-electron chi connectivity index (χ4n) is 0.558. The summed E-state index contributed by atoms with van der Waals surface area (Å²) in [6, 6.07) is 0. The maximum atomic E-state index is 11.0. The Morgan fingerprint density at radius 3 is 2.43 bits per heavy atom. The molecule has 0 aromatic rings. The topological polar surface area (TPSA) is 97.7 Å². The number of esters is 1. The number of rotatable bonds is 5. The van der Waals surface area contributed by atoms with Gasteiger partial charge in [-0.2, -0.15) is 0 Å². The average Bonchev–Trinajstić information content (AvgIpc) is 2.11. The van der Waals surface area contributed by atoms with Crippen LogP contribution in [0.5, 0.6) is 0 Å². The standard InChI is InChI=1S/C7H10O6S/c1-13-7(10)3-5-14(11,12)4-2-6(8)9/h2,4H,3,5H2,1H3,(H,8,9)/b4-2+. The van der Waals surface area contributed by atoms with E-state index >= 15 is 0 Å². The molecule has 0 saturated heterocycles. The van der Waals surface area contributed by atoms with Crippen molar-refractivity contribution in [3.63, 3.8) is 0 Å². The summed E-state index contributed by atoms with van der Waals surface area (Å²) in [6.45, 7) is 0. The fraction of sp³-hybridized carbons (Fsp3) is 0.429. The van der Waals surface area contributed by atoms with Gasteiger partial charge in [-0.25, -0.2) is 13.2 Å². The third-order valence-electron chi connectivity index (χ3n) is 1.24. The Morgan fingerprint density at radius 2 is 2.00 bits per heavy atom. The molecule has 0 atom stereocenters. The first-order valence-electron chi connectivity index (χ1n) is 3.58. The Hall–Kier alpha value is -1.37. The molecular weight excluding hydrogens is 212 g/mol. The van der Waals surface area contributed by atoms with E-state index in [0.29, 0.717) is 11.5 Å². The molecule has 0 aliphatic rings. The van der Waals surface area contributed by atoms with Crippen molar-refractivity contribution in [3.05, 3.63) is 11.5 Å². The van der Waals surface area contributed by atoms with E-state index in [9.17, 15) is 18.0 Å². The van der Waals surface area contributed by atoms with Crippen molar-refractivity contribution in [2.75, 3.05) is 12.9 Å². The van der Waals surface area contributed by atoms with Crippen molar-refractivity contribution in [2.45, 2.75) is 6.42 Å². The van der Waals surface area contributed by atoms with Crippen LogP contribution in [-0.2, 0) is 24.2 Å². The molecule has 0 spiro atoms. The molecular formula is C7H10O6S. The van der Waals surface area contributed by atoms with Crippen LogP contribution in [0.3, 0.4) is 0 Å². The SMILES string of the molecule is COC(=O)CCS(=O)(=O)/C=C/C(=O)O. The van der Waals surface area contributed by atoms with E-state index in [0.717, 1.165) is 7.11 Å². The van der Waals surface area contributed by atoms with Gasteiger partial charge in [-0.15, -0.1) is 0 Å². The molecule has 0 heterocycles. The van der Waals surface area contributed by atoms with Gasteiger partial charge in [0.05, 0.1) is 19.3 Å². The lowest BCUT2D eigenvalue weighted by molar-refractivity contribution is -0.140. The van der Waals surface area contributed by atoms with Crippen molar-refractivity contribution in [1.29, 1.82) is 0 Å². The van der Waals surface area contributed by atoms with Gasteiger partial charge in [0.2, 0.25) is 0 Å². The van der Waals surface area contributed by atoms with Crippen LogP contribution in [0.2, 0.25) is 0 Å². The van der Waals surface area contributed by atoms with Gasteiger partial charge in [0.25, 0.3) is 0 Å². The number of hydrogen-bond donors (Lipinski definition) is 1. The molecule has 0 amide bonds. The van der Waals surface area contributed by atoms with E-state index in [2.05, 4.69) is 4.74 Å². The van der Waals surface area contributed by atoms with Gasteiger partial charge in [0.1, 0.15) is 0 Å². The number of carboxylic acid groups (broad SMARTS) is 1. The number of methoxy groups -OCH3 is 1. The molecule has 0 unspecified atom stereocenters. The Balaban J connectivity index is 4.23. The van der Waals surface area contributed by atoms with Gasteiger partial charge >= 0.3 is 11.9 Å². The Labute approximate surface area is 81.1 Å². The molecule has 0 fully saturated rings. The highest BCUT2D eigenvalue weighted by atomic mass is 32.2. The molecule has 80 valence electrons. The summed E-state index contributed by atoms with van der Waals surface area (Å²) in [6.07, 6.45) is 0.218. The third-order valence-corrected chi connectivity index (χ3v) is 2.56. The van der Waals surface area contributed by atoms with Gasteiger partial charge in [-0.1, -0.05) is 0 Å². The predicted octanol–water partition coefficient (Wildman–Crippen LogP) is -0.437. The zero-order chi connectivity index (χ0) is 11.2. The summed E-state index contributed by atoms with van der Waals surface area (Å²) in [5.74, 6) is -2.47. The second kappa shape index (κ2) is 5.38. The van der Waals surface area contributed by atoms with E-state index in [4.69, 9.17) is 5.11 Å². The molecule has 0 aromatic heterocycles. The molecule has 0 bridgehead atoms. The summed E-state index contributed by atoms with van der Waals surface area (Å²) < 4.78 is 26.2. The number of carbonyl (C=O) groups excluding carboxylic acids is 1. The molecule has 0 saturated carbocycles. The highest BCUT2D eigenvalue weighted by molar-refractivity contribution is 7.94. The lowest BCUT2D eigenvalue weighted by atomic mass is 10.5. The number of carbonyl (C=O) groups is 2. The van der Waals surface area contributed by atoms with Gasteiger partial charge in [-0.3, -0.25) is 4.79 Å². The summed E-state index contributed by atoms with van der Waals surface area (Å²) >= 11 is 0. The first kappa shape index (κ1) is 12.6. The van der Waals surface area contributed by atoms with Crippen LogP contribution >= 0.6 is 0 Å². The van der Waals surface area contributed by atoms with Gasteiger partial charge in [0, 0.05) is 11.5 Å². The average molecular weight is 222 g/mol. The smallest absolute Gasteiger partial charge is 0.329 e. The molecule has 1 N–H and O–H groups in total. The highest BCUT2D eigenvalue weighted by Crippen LogP contribution is 1.97. The quantitative estimate of drug-likeness (QED) is 0.500. The van der Waals surface area contributed by atoms with Crippen LogP contribution in [0.15, 0.2) is 11.5 Å². The monoisotopic (exact) mass is 222 g/mol. The maximum Gasteiger partial charge on any atom is 0.329 e. The molecule has 0 aliphatic heterocycles. The lowest BCUT2D eigenvalue weighted by Crippen LogP contribution is -2.10. The van der Waals surface area contributed by atoms with Crippen molar-refractivity contribution >= 4 is 21.8 Å². The lowest BCUT2D eigenvalue weighted by Gasteiger charge is -1.97. The highest BCUT2D eigenvalue weighted by Gasteiger charge is 2.10. The molecule has 14 heavy (non-hydrogen) atoms. The van der Waals surface area contributed by atoms with Crippen LogP contribution in [0.1, 0.15) is 6.42 Å². The minimum atomic E-state index is -3.64. The molecule has 0 aliphatic carbocycles. The number of ether oxygens (including phenoxy) is 1. The number of carboxylic acids is 1. The second-order valence-corrected chi connectivity index (χ2v) is 4.34. The van der Waals surface area contributed by atoms with E-state index in [1.54, 1.807) is 0 Å². The Kier molecular flexibility index (Phi) is 4.85. The summed E-state index contributed by atoms with van der Waals surface area (Å²) in [4.78, 5) is 20.6. The first-order valence-corrected chi connectivity index (χ1v) is 5.29. The van der Waals surface area contributed by atoms with Crippen LogP contribution in [0.25, 0.3) is 0 Å². The van der Waals surface area contributed by atoms with Gasteiger partial charge in [0.15, 0.2) is 9.84 Å². The fourth-order valence-corrected chi connectivity index (χ4v) is 1.47. The maximum absolute atomic E-state index is 11.0. The summed E-state index contributed by atoms with van der Waals surface area (Å²) in [7, 11) is -2.50. The second-order valence-electron chi connectivity index (χ2n) is 2.33. The zero-order valence-electron chi connectivity index (χ0n) is 7.47. The van der Waals surface area contributed by atoms with E-state index in [-0.39, 0.29) is 6.42 Å². The number of aliphatic carboxylic acids is 1.